The summed E-state index contributed by atoms with van der Waals surface area (Å²) in [5.41, 5.74) is 0. The second-order valence-corrected chi connectivity index (χ2v) is 5.30. The van der Waals surface area contributed by atoms with E-state index in [1.165, 1.54) is 44.9 Å². The van der Waals surface area contributed by atoms with Gasteiger partial charge < -0.3 is 5.11 Å². The number of hydrogen-bond acceptors (Lipinski definition) is 2. The molecule has 0 spiro atoms. The van der Waals surface area contributed by atoms with Gasteiger partial charge in [-0.2, -0.15) is 0 Å². The van der Waals surface area contributed by atoms with Crippen LogP contribution in [0.3, 0.4) is 0 Å². The molecular formula is C14H29NO. The predicted molar refractivity (Wildman–Crippen MR) is 69.6 cm³/mol. The minimum atomic E-state index is 0.309. The first-order chi connectivity index (χ1) is 7.79. The van der Waals surface area contributed by atoms with Gasteiger partial charge in [0, 0.05) is 12.6 Å². The smallest absolute Gasteiger partial charge is 0.0558 e. The van der Waals surface area contributed by atoms with Gasteiger partial charge in [0.2, 0.25) is 0 Å². The van der Waals surface area contributed by atoms with Crippen LogP contribution in [0.2, 0.25) is 0 Å². The van der Waals surface area contributed by atoms with Crippen LogP contribution in [0.5, 0.6) is 0 Å². The Morgan fingerprint density at radius 1 is 1.06 bits per heavy atom. The van der Waals surface area contributed by atoms with Crippen LogP contribution in [0.1, 0.15) is 58.8 Å². The van der Waals surface area contributed by atoms with Crippen molar-refractivity contribution < 1.29 is 5.11 Å². The fourth-order valence-corrected chi connectivity index (χ4v) is 3.05. The standard InChI is InChI=1S/C14H29NO/c1-3-10-15(11-12-16)14-9-7-5-4-6-8-13(14)2/h13-14,16H,3-12H2,1-2H3. The van der Waals surface area contributed by atoms with E-state index in [4.69, 9.17) is 5.11 Å². The highest BCUT2D eigenvalue weighted by Gasteiger charge is 2.24. The van der Waals surface area contributed by atoms with Crippen LogP contribution < -0.4 is 0 Å². The molecule has 2 atom stereocenters. The molecule has 2 nitrogen and oxygen atoms in total. The third-order valence-electron chi connectivity index (χ3n) is 3.93. The first-order valence-electron chi connectivity index (χ1n) is 7.14. The van der Waals surface area contributed by atoms with Crippen LogP contribution in [0.4, 0.5) is 0 Å². The second-order valence-electron chi connectivity index (χ2n) is 5.30. The van der Waals surface area contributed by atoms with Gasteiger partial charge in [0.25, 0.3) is 0 Å². The molecule has 1 fully saturated rings. The van der Waals surface area contributed by atoms with E-state index in [0.29, 0.717) is 12.6 Å². The third kappa shape index (κ3) is 4.42. The summed E-state index contributed by atoms with van der Waals surface area (Å²) in [4.78, 5) is 2.52. The molecule has 1 aliphatic rings. The fraction of sp³-hybridized carbons (Fsp3) is 1.00. The molecule has 2 heteroatoms. The Morgan fingerprint density at radius 2 is 1.75 bits per heavy atom. The van der Waals surface area contributed by atoms with Gasteiger partial charge in [-0.25, -0.2) is 0 Å². The summed E-state index contributed by atoms with van der Waals surface area (Å²) < 4.78 is 0. The van der Waals surface area contributed by atoms with Crippen molar-refractivity contribution in [1.82, 2.24) is 4.90 Å². The molecule has 1 rings (SSSR count). The summed E-state index contributed by atoms with van der Waals surface area (Å²) in [5, 5.41) is 9.16. The number of aliphatic hydroxyl groups excluding tert-OH is 1. The summed E-state index contributed by atoms with van der Waals surface area (Å²) in [6, 6.07) is 0.715. The van der Waals surface area contributed by atoms with Crippen LogP contribution in [0, 0.1) is 5.92 Å². The van der Waals surface area contributed by atoms with Gasteiger partial charge in [-0.05, 0) is 31.7 Å². The Bertz CT molecular complexity index is 166. The number of rotatable bonds is 5. The molecular weight excluding hydrogens is 198 g/mol. The molecule has 0 aliphatic heterocycles. The Balaban J connectivity index is 2.54. The van der Waals surface area contributed by atoms with Crippen molar-refractivity contribution in [2.45, 2.75) is 64.8 Å². The van der Waals surface area contributed by atoms with Gasteiger partial charge in [-0.1, -0.05) is 39.5 Å². The van der Waals surface area contributed by atoms with E-state index in [-0.39, 0.29) is 0 Å². The minimum Gasteiger partial charge on any atom is -0.395 e. The van der Waals surface area contributed by atoms with E-state index in [1.807, 2.05) is 0 Å². The summed E-state index contributed by atoms with van der Waals surface area (Å²) in [7, 11) is 0. The summed E-state index contributed by atoms with van der Waals surface area (Å²) in [6.45, 7) is 6.95. The maximum absolute atomic E-state index is 9.16. The van der Waals surface area contributed by atoms with Crippen molar-refractivity contribution in [2.24, 2.45) is 5.92 Å². The highest BCUT2D eigenvalue weighted by atomic mass is 16.3. The Labute approximate surface area is 101 Å². The molecule has 0 aromatic rings. The summed E-state index contributed by atoms with van der Waals surface area (Å²) in [6.07, 6.45) is 9.51. The van der Waals surface area contributed by atoms with E-state index in [2.05, 4.69) is 18.7 Å². The minimum absolute atomic E-state index is 0.309. The number of hydrogen-bond donors (Lipinski definition) is 1. The average molecular weight is 227 g/mol. The molecule has 0 aromatic heterocycles. The lowest BCUT2D eigenvalue weighted by atomic mass is 9.87. The topological polar surface area (TPSA) is 23.5 Å². The molecule has 1 N–H and O–H groups in total. The van der Waals surface area contributed by atoms with Crippen molar-refractivity contribution in [3.8, 4) is 0 Å². The van der Waals surface area contributed by atoms with Gasteiger partial charge in [-0.15, -0.1) is 0 Å². The van der Waals surface area contributed by atoms with Crippen molar-refractivity contribution >= 4 is 0 Å². The third-order valence-corrected chi connectivity index (χ3v) is 3.93. The van der Waals surface area contributed by atoms with Crippen LogP contribution in [-0.2, 0) is 0 Å². The van der Waals surface area contributed by atoms with Crippen molar-refractivity contribution in [1.29, 1.82) is 0 Å². The van der Waals surface area contributed by atoms with E-state index < -0.39 is 0 Å². The molecule has 96 valence electrons. The zero-order valence-corrected chi connectivity index (χ0v) is 11.1. The lowest BCUT2D eigenvalue weighted by molar-refractivity contribution is 0.0999. The van der Waals surface area contributed by atoms with Crippen LogP contribution in [-0.4, -0.2) is 35.7 Å². The molecule has 0 amide bonds. The maximum atomic E-state index is 9.16. The second kappa shape index (κ2) is 8.08. The van der Waals surface area contributed by atoms with E-state index in [0.717, 1.165) is 19.0 Å². The van der Waals surface area contributed by atoms with E-state index >= 15 is 0 Å². The van der Waals surface area contributed by atoms with Crippen molar-refractivity contribution in [3.63, 3.8) is 0 Å². The molecule has 0 aromatic carbocycles. The lowest BCUT2D eigenvalue weighted by Crippen LogP contribution is -2.42. The maximum Gasteiger partial charge on any atom is 0.0558 e. The SMILES string of the molecule is CCCN(CCO)C1CCCCCCC1C. The van der Waals surface area contributed by atoms with Gasteiger partial charge in [0.1, 0.15) is 0 Å². The van der Waals surface area contributed by atoms with Gasteiger partial charge >= 0.3 is 0 Å². The molecule has 0 heterocycles. The number of nitrogens with zero attached hydrogens (tertiary/aromatic N) is 1. The zero-order chi connectivity index (χ0) is 11.8. The highest BCUT2D eigenvalue weighted by Crippen LogP contribution is 2.26. The van der Waals surface area contributed by atoms with E-state index in [9.17, 15) is 0 Å². The van der Waals surface area contributed by atoms with Crippen molar-refractivity contribution in [2.75, 3.05) is 19.7 Å². The summed E-state index contributed by atoms with van der Waals surface area (Å²) >= 11 is 0. The average Bonchev–Trinajstić information content (AvgIpc) is 2.24. The van der Waals surface area contributed by atoms with Crippen LogP contribution in [0.15, 0.2) is 0 Å². The molecule has 0 saturated heterocycles. The molecule has 1 saturated carbocycles. The molecule has 1 aliphatic carbocycles. The first kappa shape index (κ1) is 14.0. The predicted octanol–water partition coefficient (Wildman–Crippen LogP) is 3.05. The van der Waals surface area contributed by atoms with Crippen LogP contribution in [0.25, 0.3) is 0 Å². The fourth-order valence-electron chi connectivity index (χ4n) is 3.05. The normalized spacial score (nSPS) is 27.8. The van der Waals surface area contributed by atoms with Gasteiger partial charge in [-0.3, -0.25) is 4.90 Å². The first-order valence-corrected chi connectivity index (χ1v) is 7.14. The van der Waals surface area contributed by atoms with Gasteiger partial charge in [0.05, 0.1) is 6.61 Å². The quantitative estimate of drug-likeness (QED) is 0.780. The monoisotopic (exact) mass is 227 g/mol. The number of aliphatic hydroxyl groups is 1. The van der Waals surface area contributed by atoms with Crippen LogP contribution >= 0.6 is 0 Å². The molecule has 16 heavy (non-hydrogen) atoms. The van der Waals surface area contributed by atoms with E-state index in [1.54, 1.807) is 0 Å². The summed E-state index contributed by atoms with van der Waals surface area (Å²) in [5.74, 6) is 0.804. The van der Waals surface area contributed by atoms with Gasteiger partial charge in [0.15, 0.2) is 0 Å². The molecule has 0 radical (unpaired) electrons. The Morgan fingerprint density at radius 3 is 2.38 bits per heavy atom. The molecule has 2 unspecified atom stereocenters. The zero-order valence-electron chi connectivity index (χ0n) is 11.1. The Kier molecular flexibility index (Phi) is 7.06. The lowest BCUT2D eigenvalue weighted by Gasteiger charge is -2.36. The molecule has 0 bridgehead atoms. The highest BCUT2D eigenvalue weighted by molar-refractivity contribution is 4.78. The Hall–Kier alpha value is -0.0800. The van der Waals surface area contributed by atoms with Crippen molar-refractivity contribution in [3.05, 3.63) is 0 Å². The largest absolute Gasteiger partial charge is 0.395 e.